The summed E-state index contributed by atoms with van der Waals surface area (Å²) in [6, 6.07) is 14.8. The van der Waals surface area contributed by atoms with Gasteiger partial charge in [-0.05, 0) is 55.7 Å². The topological polar surface area (TPSA) is 67.4 Å². The van der Waals surface area contributed by atoms with E-state index < -0.39 is 0 Å². The van der Waals surface area contributed by atoms with Crippen molar-refractivity contribution in [1.82, 2.24) is 5.32 Å². The Morgan fingerprint density at radius 1 is 0.963 bits per heavy atom. The molecule has 0 aliphatic heterocycles. The van der Waals surface area contributed by atoms with Gasteiger partial charge in [0.2, 0.25) is 11.8 Å². The van der Waals surface area contributed by atoms with Crippen molar-refractivity contribution in [3.8, 4) is 5.75 Å². The zero-order valence-electron chi connectivity index (χ0n) is 15.5. The molecule has 2 rings (SSSR count). The van der Waals surface area contributed by atoms with Crippen LogP contribution in [0.15, 0.2) is 48.5 Å². The minimum atomic E-state index is -0.0850. The van der Waals surface area contributed by atoms with Gasteiger partial charge in [-0.15, -0.1) is 0 Å². The Labute approximate surface area is 165 Å². The van der Waals surface area contributed by atoms with Crippen LogP contribution in [-0.4, -0.2) is 25.0 Å². The number of halogens is 1. The van der Waals surface area contributed by atoms with E-state index in [1.165, 1.54) is 0 Å². The lowest BCUT2D eigenvalue weighted by molar-refractivity contribution is -0.121. The highest BCUT2D eigenvalue weighted by atomic mass is 35.5. The molecule has 0 saturated heterocycles. The largest absolute Gasteiger partial charge is 0.493 e. The first-order chi connectivity index (χ1) is 13.0. The lowest BCUT2D eigenvalue weighted by Gasteiger charge is -2.09. The molecule has 0 unspecified atom stereocenters. The first-order valence-electron chi connectivity index (χ1n) is 9.05. The Morgan fingerprint density at radius 3 is 2.41 bits per heavy atom. The number of ether oxygens (including phenoxy) is 1. The van der Waals surface area contributed by atoms with Crippen molar-refractivity contribution >= 4 is 29.1 Å². The second kappa shape index (κ2) is 11.2. The van der Waals surface area contributed by atoms with Gasteiger partial charge >= 0.3 is 0 Å². The zero-order chi connectivity index (χ0) is 19.5. The smallest absolute Gasteiger partial charge is 0.224 e. The predicted octanol–water partition coefficient (Wildman–Crippen LogP) is 4.34. The van der Waals surface area contributed by atoms with Crippen molar-refractivity contribution in [2.45, 2.75) is 32.6 Å². The molecule has 0 aliphatic rings. The number of amides is 2. The molecule has 0 atom stereocenters. The van der Waals surface area contributed by atoms with Crippen LogP contribution in [0.1, 0.15) is 31.2 Å². The van der Waals surface area contributed by atoms with Crippen LogP contribution in [0.4, 0.5) is 5.69 Å². The first-order valence-corrected chi connectivity index (χ1v) is 9.43. The fourth-order valence-electron chi connectivity index (χ4n) is 2.46. The van der Waals surface area contributed by atoms with Gasteiger partial charge in [0.1, 0.15) is 5.75 Å². The molecular formula is C21H25ClN2O3. The molecule has 0 spiro atoms. The first kappa shape index (κ1) is 20.8. The standard InChI is InChI=1S/C21H25ClN2O3/c1-16-6-2-3-7-19(16)27-15-5-9-20(25)23-14-4-8-21(26)24-18-12-10-17(22)11-13-18/h2-3,6-7,10-13H,4-5,8-9,14-15H2,1H3,(H,23,25)(H,24,26). The van der Waals surface area contributed by atoms with E-state index in [4.69, 9.17) is 16.3 Å². The Hall–Kier alpha value is -2.53. The monoisotopic (exact) mass is 388 g/mol. The quantitative estimate of drug-likeness (QED) is 0.595. The summed E-state index contributed by atoms with van der Waals surface area (Å²) in [6.45, 7) is 2.97. The maximum absolute atomic E-state index is 11.8. The number of para-hydroxylation sites is 1. The fraction of sp³-hybridized carbons (Fsp3) is 0.333. The van der Waals surface area contributed by atoms with Crippen molar-refractivity contribution < 1.29 is 14.3 Å². The molecule has 5 nitrogen and oxygen atoms in total. The van der Waals surface area contributed by atoms with E-state index in [0.29, 0.717) is 49.5 Å². The second-order valence-corrected chi connectivity index (χ2v) is 6.66. The van der Waals surface area contributed by atoms with Crippen LogP contribution in [-0.2, 0) is 9.59 Å². The minimum absolute atomic E-state index is 0.0264. The molecule has 2 aromatic rings. The highest BCUT2D eigenvalue weighted by molar-refractivity contribution is 6.30. The number of carbonyl (C=O) groups excluding carboxylic acids is 2. The Bertz CT molecular complexity index is 747. The highest BCUT2D eigenvalue weighted by Gasteiger charge is 2.05. The van der Waals surface area contributed by atoms with E-state index in [-0.39, 0.29) is 11.8 Å². The molecule has 0 aromatic heterocycles. The molecule has 0 bridgehead atoms. The molecule has 0 fully saturated rings. The van der Waals surface area contributed by atoms with Crippen LogP contribution in [0.3, 0.4) is 0 Å². The van der Waals surface area contributed by atoms with Gasteiger partial charge in [0.25, 0.3) is 0 Å². The van der Waals surface area contributed by atoms with Crippen LogP contribution in [0, 0.1) is 6.92 Å². The van der Waals surface area contributed by atoms with Gasteiger partial charge in [-0.25, -0.2) is 0 Å². The normalized spacial score (nSPS) is 10.3. The third-order valence-corrected chi connectivity index (χ3v) is 4.18. The maximum atomic E-state index is 11.8. The molecule has 144 valence electrons. The Morgan fingerprint density at radius 2 is 1.67 bits per heavy atom. The summed E-state index contributed by atoms with van der Waals surface area (Å²) in [5.74, 6) is 0.740. The number of hydrogen-bond donors (Lipinski definition) is 2. The van der Waals surface area contributed by atoms with Crippen LogP contribution in [0.25, 0.3) is 0 Å². The molecule has 2 aromatic carbocycles. The molecule has 0 radical (unpaired) electrons. The molecule has 2 N–H and O–H groups in total. The summed E-state index contributed by atoms with van der Waals surface area (Å²) < 4.78 is 5.67. The number of aryl methyl sites for hydroxylation is 1. The van der Waals surface area contributed by atoms with E-state index >= 15 is 0 Å². The molecular weight excluding hydrogens is 364 g/mol. The Kier molecular flexibility index (Phi) is 8.65. The van der Waals surface area contributed by atoms with Crippen molar-refractivity contribution in [1.29, 1.82) is 0 Å². The molecule has 6 heteroatoms. The highest BCUT2D eigenvalue weighted by Crippen LogP contribution is 2.16. The van der Waals surface area contributed by atoms with Gasteiger partial charge < -0.3 is 15.4 Å². The van der Waals surface area contributed by atoms with E-state index in [9.17, 15) is 9.59 Å². The van der Waals surface area contributed by atoms with Crippen LogP contribution < -0.4 is 15.4 Å². The van der Waals surface area contributed by atoms with Gasteiger partial charge in [-0.3, -0.25) is 9.59 Å². The fourth-order valence-corrected chi connectivity index (χ4v) is 2.58. The van der Waals surface area contributed by atoms with Gasteiger partial charge in [-0.1, -0.05) is 29.8 Å². The minimum Gasteiger partial charge on any atom is -0.493 e. The lowest BCUT2D eigenvalue weighted by Crippen LogP contribution is -2.25. The van der Waals surface area contributed by atoms with Crippen LogP contribution in [0.5, 0.6) is 5.75 Å². The van der Waals surface area contributed by atoms with Crippen LogP contribution >= 0.6 is 11.6 Å². The van der Waals surface area contributed by atoms with Crippen LogP contribution in [0.2, 0.25) is 5.02 Å². The number of nitrogens with one attached hydrogen (secondary N) is 2. The van der Waals surface area contributed by atoms with E-state index in [2.05, 4.69) is 10.6 Å². The summed E-state index contributed by atoms with van der Waals surface area (Å²) >= 11 is 5.80. The van der Waals surface area contributed by atoms with E-state index in [1.807, 2.05) is 31.2 Å². The van der Waals surface area contributed by atoms with Gasteiger partial charge in [-0.2, -0.15) is 0 Å². The number of carbonyl (C=O) groups is 2. The second-order valence-electron chi connectivity index (χ2n) is 6.23. The average molecular weight is 389 g/mol. The summed E-state index contributed by atoms with van der Waals surface area (Å²) in [5.41, 5.74) is 1.79. The average Bonchev–Trinajstić information content (AvgIpc) is 2.65. The summed E-state index contributed by atoms with van der Waals surface area (Å²) in [7, 11) is 0. The summed E-state index contributed by atoms with van der Waals surface area (Å²) in [4.78, 5) is 23.7. The van der Waals surface area contributed by atoms with Crippen molar-refractivity contribution in [2.24, 2.45) is 0 Å². The maximum Gasteiger partial charge on any atom is 0.224 e. The summed E-state index contributed by atoms with van der Waals surface area (Å²) in [6.07, 6.45) is 1.99. The number of benzene rings is 2. The zero-order valence-corrected chi connectivity index (χ0v) is 16.2. The molecule has 27 heavy (non-hydrogen) atoms. The molecule has 0 saturated carbocycles. The third kappa shape index (κ3) is 8.13. The van der Waals surface area contributed by atoms with Gasteiger partial charge in [0.05, 0.1) is 6.61 Å². The van der Waals surface area contributed by atoms with Gasteiger partial charge in [0, 0.05) is 30.1 Å². The summed E-state index contributed by atoms with van der Waals surface area (Å²) in [5, 5.41) is 6.24. The number of rotatable bonds is 10. The van der Waals surface area contributed by atoms with Crippen molar-refractivity contribution in [2.75, 3.05) is 18.5 Å². The lowest BCUT2D eigenvalue weighted by atomic mass is 10.2. The number of hydrogen-bond acceptors (Lipinski definition) is 3. The third-order valence-electron chi connectivity index (χ3n) is 3.93. The Balaban J connectivity index is 1.52. The van der Waals surface area contributed by atoms with Crippen molar-refractivity contribution in [3.63, 3.8) is 0 Å². The van der Waals surface area contributed by atoms with E-state index in [0.717, 1.165) is 11.3 Å². The molecule has 2 amide bonds. The van der Waals surface area contributed by atoms with Gasteiger partial charge in [0.15, 0.2) is 0 Å². The molecule has 0 aliphatic carbocycles. The number of anilines is 1. The SMILES string of the molecule is Cc1ccccc1OCCCC(=O)NCCCC(=O)Nc1ccc(Cl)cc1. The molecule has 0 heterocycles. The van der Waals surface area contributed by atoms with E-state index in [1.54, 1.807) is 24.3 Å². The van der Waals surface area contributed by atoms with Crippen molar-refractivity contribution in [3.05, 3.63) is 59.1 Å². The predicted molar refractivity (Wildman–Crippen MR) is 108 cm³/mol.